The summed E-state index contributed by atoms with van der Waals surface area (Å²) in [7, 11) is 0. The number of carbonyl (C=O) groups is 2. The van der Waals surface area contributed by atoms with Crippen molar-refractivity contribution in [1.82, 2.24) is 15.0 Å². The van der Waals surface area contributed by atoms with E-state index in [2.05, 4.69) is 58.7 Å². The molecule has 1 aliphatic rings. The number of hydrogen-bond acceptors (Lipinski definition) is 8. The van der Waals surface area contributed by atoms with Gasteiger partial charge in [-0.05, 0) is 94.9 Å². The van der Waals surface area contributed by atoms with Gasteiger partial charge in [0, 0.05) is 32.7 Å². The van der Waals surface area contributed by atoms with Crippen LogP contribution in [0, 0.1) is 0 Å². The molecule has 0 bridgehead atoms. The molecule has 0 saturated heterocycles. The Morgan fingerprint density at radius 3 is 2.22 bits per heavy atom. The van der Waals surface area contributed by atoms with Crippen molar-refractivity contribution in [2.75, 3.05) is 22.4 Å². The predicted octanol–water partition coefficient (Wildman–Crippen LogP) is 10.9. The molecule has 0 fully saturated rings. The van der Waals surface area contributed by atoms with Crippen LogP contribution in [-0.2, 0) is 4.74 Å². The maximum absolute atomic E-state index is 15.3. The molecule has 0 unspecified atom stereocenters. The fraction of sp³-hybridized carbons (Fsp3) is 0.114. The summed E-state index contributed by atoms with van der Waals surface area (Å²) >= 11 is 1.43. The Morgan fingerprint density at radius 1 is 0.818 bits per heavy atom. The molecule has 7 aromatic rings. The second kappa shape index (κ2) is 15.4. The third-order valence-corrected chi connectivity index (χ3v) is 10.5. The van der Waals surface area contributed by atoms with Gasteiger partial charge in [-0.25, -0.2) is 19.7 Å². The number of anilines is 4. The number of ether oxygens (including phenoxy) is 1. The molecule has 0 spiro atoms. The summed E-state index contributed by atoms with van der Waals surface area (Å²) < 4.78 is 21.0. The Balaban J connectivity index is 1.00. The average Bonchev–Trinajstić information content (AvgIpc) is 3.54. The van der Waals surface area contributed by atoms with Crippen molar-refractivity contribution in [3.63, 3.8) is 0 Å². The first-order valence-corrected chi connectivity index (χ1v) is 18.6. The molecule has 2 heterocycles. The molecule has 0 aliphatic heterocycles. The third kappa shape index (κ3) is 7.47. The highest BCUT2D eigenvalue weighted by Crippen LogP contribution is 2.44. The zero-order chi connectivity index (χ0) is 37.9. The number of carbonyl (C=O) groups excluding carboxylic acids is 2. The van der Waals surface area contributed by atoms with Crippen LogP contribution in [0.25, 0.3) is 22.2 Å². The zero-order valence-electron chi connectivity index (χ0n) is 29.9. The third-order valence-electron chi connectivity index (χ3n) is 9.42. The molecule has 55 heavy (non-hydrogen) atoms. The van der Waals surface area contributed by atoms with Crippen molar-refractivity contribution < 1.29 is 18.8 Å². The van der Waals surface area contributed by atoms with Crippen LogP contribution in [0.3, 0.4) is 0 Å². The zero-order valence-corrected chi connectivity index (χ0v) is 30.8. The normalized spacial score (nSPS) is 11.9. The highest BCUT2D eigenvalue weighted by atomic mass is 32.2. The Morgan fingerprint density at radius 2 is 1.51 bits per heavy atom. The van der Waals surface area contributed by atoms with Gasteiger partial charge >= 0.3 is 6.09 Å². The van der Waals surface area contributed by atoms with Crippen molar-refractivity contribution in [3.05, 3.63) is 162 Å². The highest BCUT2D eigenvalue weighted by Gasteiger charge is 2.29. The Bertz CT molecular complexity index is 2490. The number of rotatable bonds is 10. The van der Waals surface area contributed by atoms with Crippen molar-refractivity contribution in [1.29, 1.82) is 0 Å². The highest BCUT2D eigenvalue weighted by molar-refractivity contribution is 7.99. The molecule has 8 rings (SSSR count). The predicted molar refractivity (Wildman–Crippen MR) is 215 cm³/mol. The summed E-state index contributed by atoms with van der Waals surface area (Å²) in [4.78, 5) is 41.4. The van der Waals surface area contributed by atoms with Crippen LogP contribution in [0.1, 0.15) is 52.9 Å². The van der Waals surface area contributed by atoms with Crippen LogP contribution in [0.15, 0.2) is 150 Å². The van der Waals surface area contributed by atoms with E-state index < -0.39 is 12.0 Å². The molecule has 0 atom stereocenters. The van der Waals surface area contributed by atoms with Crippen molar-refractivity contribution >= 4 is 57.7 Å². The first-order valence-electron chi connectivity index (χ1n) is 17.8. The second-order valence-electron chi connectivity index (χ2n) is 13.3. The smallest absolute Gasteiger partial charge is 0.411 e. The lowest BCUT2D eigenvalue weighted by atomic mass is 9.98. The number of halogens is 1. The van der Waals surface area contributed by atoms with Crippen molar-refractivity contribution in [2.45, 2.75) is 35.5 Å². The van der Waals surface area contributed by atoms with Crippen LogP contribution in [0.5, 0.6) is 0 Å². The van der Waals surface area contributed by atoms with E-state index in [0.717, 1.165) is 26.6 Å². The fourth-order valence-electron chi connectivity index (χ4n) is 6.63. The second-order valence-corrected chi connectivity index (χ2v) is 14.4. The monoisotopic (exact) mass is 746 g/mol. The molecule has 5 aromatic carbocycles. The van der Waals surface area contributed by atoms with E-state index in [1.807, 2.05) is 48.5 Å². The van der Waals surface area contributed by atoms with Crippen LogP contribution >= 0.6 is 11.8 Å². The number of para-hydroxylation sites is 1. The van der Waals surface area contributed by atoms with Gasteiger partial charge in [-0.15, -0.1) is 5.12 Å². The van der Waals surface area contributed by atoms with Crippen LogP contribution < -0.4 is 15.8 Å². The molecule has 0 saturated carbocycles. The van der Waals surface area contributed by atoms with Gasteiger partial charge in [0.1, 0.15) is 18.8 Å². The maximum atomic E-state index is 15.3. The largest absolute Gasteiger partial charge is 0.448 e. The summed E-state index contributed by atoms with van der Waals surface area (Å²) in [5, 5.41) is 7.03. The maximum Gasteiger partial charge on any atom is 0.411 e. The number of nitrogens with one attached hydrogen (secondary N) is 2. The van der Waals surface area contributed by atoms with Crippen LogP contribution in [-0.4, -0.2) is 33.6 Å². The Hall–Kier alpha value is -6.59. The summed E-state index contributed by atoms with van der Waals surface area (Å²) in [6, 6.07) is 40.7. The molecule has 272 valence electrons. The first-order chi connectivity index (χ1) is 26.8. The van der Waals surface area contributed by atoms with Gasteiger partial charge in [-0.1, -0.05) is 96.8 Å². The van der Waals surface area contributed by atoms with Gasteiger partial charge in [-0.3, -0.25) is 10.1 Å². The lowest BCUT2D eigenvalue weighted by molar-refractivity contribution is 0.0931. The van der Waals surface area contributed by atoms with E-state index in [4.69, 9.17) is 9.72 Å². The molecule has 2 amide bonds. The van der Waals surface area contributed by atoms with Gasteiger partial charge in [0.25, 0.3) is 5.91 Å². The lowest BCUT2D eigenvalue weighted by Crippen LogP contribution is -2.22. The van der Waals surface area contributed by atoms with Crippen LogP contribution in [0.4, 0.5) is 32.2 Å². The minimum atomic E-state index is -0.815. The summed E-state index contributed by atoms with van der Waals surface area (Å²) in [5.74, 6) is -0.149. The molecular formula is C44H35FN6O3S. The number of nitrogens with zero attached hydrogens (tertiary/aromatic N) is 4. The number of benzene rings is 5. The molecule has 9 nitrogen and oxygen atoms in total. The fourth-order valence-corrected chi connectivity index (χ4v) is 7.51. The van der Waals surface area contributed by atoms with Gasteiger partial charge in [0.05, 0.1) is 16.8 Å². The molecule has 0 radical (unpaired) electrons. The SMILES string of the molecule is CC(C)c1ccc2c(Nc3cc(C(=O)N(F)c4ccccc4)ccc3Sc3ccc(NC(=O)OCC4c5ccccc5-c5ccccc54)cc3)ncnc2n1. The van der Waals surface area contributed by atoms with E-state index in [1.54, 1.807) is 48.5 Å². The number of amides is 2. The van der Waals surface area contributed by atoms with E-state index in [9.17, 15) is 9.59 Å². The van der Waals surface area contributed by atoms with Crippen molar-refractivity contribution in [2.24, 2.45) is 0 Å². The lowest BCUT2D eigenvalue weighted by Gasteiger charge is -2.17. The van der Waals surface area contributed by atoms with E-state index in [0.29, 0.717) is 28.2 Å². The van der Waals surface area contributed by atoms with Gasteiger partial charge in [0.15, 0.2) is 5.65 Å². The van der Waals surface area contributed by atoms with Crippen molar-refractivity contribution in [3.8, 4) is 11.1 Å². The quantitative estimate of drug-likeness (QED) is 0.133. The molecule has 2 N–H and O–H groups in total. The minimum Gasteiger partial charge on any atom is -0.448 e. The molecule has 1 aliphatic carbocycles. The summed E-state index contributed by atoms with van der Waals surface area (Å²) in [6.07, 6.45) is 0.892. The van der Waals surface area contributed by atoms with Crippen LogP contribution in [0.2, 0.25) is 0 Å². The number of pyridine rings is 1. The Labute approximate surface area is 321 Å². The summed E-state index contributed by atoms with van der Waals surface area (Å²) in [6.45, 7) is 4.34. The van der Waals surface area contributed by atoms with Gasteiger partial charge in [-0.2, -0.15) is 0 Å². The standard InChI is InChI=1S/C44H35FN6O3S/c1-27(2)38-22-21-36-41(49-38)46-26-47-42(36)50-39-24-28(43(52)51(45)30-10-4-3-5-11-30)16-23-40(39)55-31-19-17-29(18-20-31)48-44(53)54-25-37-34-14-8-6-12-32(34)33-13-7-9-15-35(33)37/h3-24,26-27,37H,25H2,1-2H3,(H,48,53)(H,46,47,49,50). The topological polar surface area (TPSA) is 109 Å². The van der Waals surface area contributed by atoms with E-state index >= 15 is 4.48 Å². The van der Waals surface area contributed by atoms with Gasteiger partial charge in [0.2, 0.25) is 0 Å². The summed E-state index contributed by atoms with van der Waals surface area (Å²) in [5.41, 5.74) is 7.43. The minimum absolute atomic E-state index is 0.0400. The van der Waals surface area contributed by atoms with E-state index in [-0.39, 0.29) is 34.8 Å². The molecular weight excluding hydrogens is 712 g/mol. The molecule has 2 aromatic heterocycles. The van der Waals surface area contributed by atoms with E-state index in [1.165, 1.54) is 41.3 Å². The number of aromatic nitrogens is 3. The number of fused-ring (bicyclic) bond motifs is 4. The van der Waals surface area contributed by atoms with Gasteiger partial charge < -0.3 is 10.1 Å². The molecule has 11 heteroatoms. The first kappa shape index (κ1) is 35.4. The Kier molecular flexibility index (Phi) is 9.93. The number of hydrogen-bond donors (Lipinski definition) is 2. The average molecular weight is 747 g/mol.